The Balaban J connectivity index is 2.48. The van der Waals surface area contributed by atoms with Gasteiger partial charge in [0.05, 0.1) is 18.2 Å². The fourth-order valence-corrected chi connectivity index (χ4v) is 1.62. The first-order valence-corrected chi connectivity index (χ1v) is 5.16. The van der Waals surface area contributed by atoms with Crippen LogP contribution in [-0.4, -0.2) is 12.9 Å². The lowest BCUT2D eigenvalue weighted by atomic mass is 10.0. The summed E-state index contributed by atoms with van der Waals surface area (Å²) in [5.74, 6) is -0.454. The molecule has 0 amide bonds. The lowest BCUT2D eigenvalue weighted by Gasteiger charge is -2.07. The van der Waals surface area contributed by atoms with Gasteiger partial charge in [0.2, 0.25) is 0 Å². The number of hydrogen-bond donors (Lipinski definition) is 0. The molecule has 0 N–H and O–H groups in total. The Morgan fingerprint density at radius 1 is 1.00 bits per heavy atom. The van der Waals surface area contributed by atoms with Crippen molar-refractivity contribution < 1.29 is 13.9 Å². The molecule has 86 valence electrons. The van der Waals surface area contributed by atoms with Crippen LogP contribution in [0.4, 0.5) is 4.39 Å². The summed E-state index contributed by atoms with van der Waals surface area (Å²) in [6.07, 6.45) is 0. The molecule has 2 nitrogen and oxygen atoms in total. The molecule has 0 saturated heterocycles. The van der Waals surface area contributed by atoms with E-state index >= 15 is 0 Å². The molecule has 0 saturated carbocycles. The summed E-state index contributed by atoms with van der Waals surface area (Å²) in [6.45, 7) is 0. The maximum absolute atomic E-state index is 13.5. The predicted octanol–water partition coefficient (Wildman–Crippen LogP) is 3.07. The van der Waals surface area contributed by atoms with E-state index in [0.29, 0.717) is 11.3 Å². The summed E-state index contributed by atoms with van der Waals surface area (Å²) in [5, 5.41) is 0. The summed E-state index contributed by atoms with van der Waals surface area (Å²) >= 11 is 0. The van der Waals surface area contributed by atoms with Crippen molar-refractivity contribution in [2.24, 2.45) is 0 Å². The maximum Gasteiger partial charge on any atom is 0.199 e. The van der Waals surface area contributed by atoms with E-state index in [1.807, 2.05) is 0 Å². The van der Waals surface area contributed by atoms with Gasteiger partial charge in [-0.05, 0) is 24.3 Å². The third-order valence-electron chi connectivity index (χ3n) is 2.47. The molecule has 17 heavy (non-hydrogen) atoms. The molecule has 0 aliphatic heterocycles. The molecule has 0 fully saturated rings. The molecular formula is C14H11FO2. The highest BCUT2D eigenvalue weighted by Gasteiger charge is 2.16. The van der Waals surface area contributed by atoms with Crippen LogP contribution in [0.15, 0.2) is 48.5 Å². The SMILES string of the molecule is COc1ccccc1C(=O)c1ccccc1F. The van der Waals surface area contributed by atoms with Crippen molar-refractivity contribution in [3.05, 3.63) is 65.5 Å². The number of benzene rings is 2. The van der Waals surface area contributed by atoms with Crippen LogP contribution in [0.3, 0.4) is 0 Å². The Morgan fingerprint density at radius 3 is 2.24 bits per heavy atom. The molecule has 0 radical (unpaired) electrons. The van der Waals surface area contributed by atoms with Crippen LogP contribution < -0.4 is 4.74 Å². The number of ketones is 1. The quantitative estimate of drug-likeness (QED) is 0.757. The minimum Gasteiger partial charge on any atom is -0.496 e. The lowest BCUT2D eigenvalue weighted by molar-refractivity contribution is 0.103. The van der Waals surface area contributed by atoms with Crippen LogP contribution in [0.1, 0.15) is 15.9 Å². The summed E-state index contributed by atoms with van der Waals surface area (Å²) in [6, 6.07) is 12.7. The monoisotopic (exact) mass is 230 g/mol. The van der Waals surface area contributed by atoms with E-state index in [4.69, 9.17) is 4.74 Å². The second-order valence-electron chi connectivity index (χ2n) is 3.51. The number of carbonyl (C=O) groups excluding carboxylic acids is 1. The first-order valence-electron chi connectivity index (χ1n) is 5.16. The second kappa shape index (κ2) is 4.78. The molecule has 3 heteroatoms. The third-order valence-corrected chi connectivity index (χ3v) is 2.47. The summed E-state index contributed by atoms with van der Waals surface area (Å²) in [4.78, 5) is 12.1. The van der Waals surface area contributed by atoms with Crippen molar-refractivity contribution in [1.82, 2.24) is 0 Å². The zero-order valence-electron chi connectivity index (χ0n) is 9.31. The zero-order chi connectivity index (χ0) is 12.3. The van der Waals surface area contributed by atoms with Gasteiger partial charge < -0.3 is 4.74 Å². The van der Waals surface area contributed by atoms with E-state index in [1.165, 1.54) is 19.2 Å². The highest BCUT2D eigenvalue weighted by Crippen LogP contribution is 2.22. The molecule has 2 aromatic carbocycles. The van der Waals surface area contributed by atoms with Gasteiger partial charge in [0.25, 0.3) is 0 Å². The van der Waals surface area contributed by atoms with Gasteiger partial charge in [0.15, 0.2) is 5.78 Å². The molecular weight excluding hydrogens is 219 g/mol. The molecule has 0 aliphatic carbocycles. The van der Waals surface area contributed by atoms with Gasteiger partial charge in [-0.1, -0.05) is 24.3 Å². The Kier molecular flexibility index (Phi) is 3.19. The zero-order valence-corrected chi connectivity index (χ0v) is 9.31. The van der Waals surface area contributed by atoms with E-state index in [1.54, 1.807) is 36.4 Å². The van der Waals surface area contributed by atoms with Gasteiger partial charge in [-0.25, -0.2) is 4.39 Å². The van der Waals surface area contributed by atoms with Crippen LogP contribution in [0.5, 0.6) is 5.75 Å². The van der Waals surface area contributed by atoms with Gasteiger partial charge in [-0.2, -0.15) is 0 Å². The number of carbonyl (C=O) groups is 1. The number of hydrogen-bond acceptors (Lipinski definition) is 2. The van der Waals surface area contributed by atoms with Crippen LogP contribution in [0, 0.1) is 5.82 Å². The lowest BCUT2D eigenvalue weighted by Crippen LogP contribution is -2.05. The van der Waals surface area contributed by atoms with Crippen molar-refractivity contribution in [2.45, 2.75) is 0 Å². The molecule has 0 unspecified atom stereocenters. The van der Waals surface area contributed by atoms with Gasteiger partial charge in [0.1, 0.15) is 11.6 Å². The molecule has 0 atom stereocenters. The van der Waals surface area contributed by atoms with Gasteiger partial charge in [0, 0.05) is 0 Å². The van der Waals surface area contributed by atoms with E-state index in [2.05, 4.69) is 0 Å². The Morgan fingerprint density at radius 2 is 1.59 bits per heavy atom. The highest BCUT2D eigenvalue weighted by molar-refractivity contribution is 6.10. The second-order valence-corrected chi connectivity index (χ2v) is 3.51. The Bertz CT molecular complexity index is 549. The van der Waals surface area contributed by atoms with Crippen LogP contribution in [-0.2, 0) is 0 Å². The molecule has 0 heterocycles. The van der Waals surface area contributed by atoms with Crippen molar-refractivity contribution in [3.8, 4) is 5.75 Å². The predicted molar refractivity (Wildman–Crippen MR) is 62.8 cm³/mol. The van der Waals surface area contributed by atoms with Gasteiger partial charge >= 0.3 is 0 Å². The van der Waals surface area contributed by atoms with Crippen molar-refractivity contribution in [1.29, 1.82) is 0 Å². The largest absolute Gasteiger partial charge is 0.496 e. The number of ether oxygens (including phenoxy) is 1. The molecule has 0 aliphatic rings. The number of halogens is 1. The molecule has 2 aromatic rings. The topological polar surface area (TPSA) is 26.3 Å². The van der Waals surface area contributed by atoms with E-state index < -0.39 is 5.82 Å². The minimum atomic E-state index is -0.525. The standard InChI is InChI=1S/C14H11FO2/c1-17-13-9-5-3-7-11(13)14(16)10-6-2-4-8-12(10)15/h2-9H,1H3. The molecule has 0 spiro atoms. The van der Waals surface area contributed by atoms with Crippen molar-refractivity contribution >= 4 is 5.78 Å². The van der Waals surface area contributed by atoms with Crippen LogP contribution in [0.2, 0.25) is 0 Å². The van der Waals surface area contributed by atoms with Crippen LogP contribution in [0.25, 0.3) is 0 Å². The first kappa shape index (κ1) is 11.3. The van der Waals surface area contributed by atoms with Crippen LogP contribution >= 0.6 is 0 Å². The van der Waals surface area contributed by atoms with E-state index in [-0.39, 0.29) is 11.3 Å². The normalized spacial score (nSPS) is 10.0. The average molecular weight is 230 g/mol. The fourth-order valence-electron chi connectivity index (χ4n) is 1.62. The first-order chi connectivity index (χ1) is 8.24. The summed E-state index contributed by atoms with van der Waals surface area (Å²) in [7, 11) is 1.48. The number of rotatable bonds is 3. The smallest absolute Gasteiger partial charge is 0.199 e. The Hall–Kier alpha value is -2.16. The van der Waals surface area contributed by atoms with Crippen molar-refractivity contribution in [2.75, 3.05) is 7.11 Å². The average Bonchev–Trinajstić information content (AvgIpc) is 2.38. The molecule has 0 aromatic heterocycles. The van der Waals surface area contributed by atoms with Crippen molar-refractivity contribution in [3.63, 3.8) is 0 Å². The van der Waals surface area contributed by atoms with Gasteiger partial charge in [-0.15, -0.1) is 0 Å². The third kappa shape index (κ3) is 2.18. The maximum atomic E-state index is 13.5. The summed E-state index contributed by atoms with van der Waals surface area (Å²) in [5.41, 5.74) is 0.414. The summed E-state index contributed by atoms with van der Waals surface area (Å²) < 4.78 is 18.6. The number of para-hydroxylation sites is 1. The van der Waals surface area contributed by atoms with E-state index in [0.717, 1.165) is 0 Å². The minimum absolute atomic E-state index is 0.0528. The molecule has 2 rings (SSSR count). The number of methoxy groups -OCH3 is 1. The van der Waals surface area contributed by atoms with E-state index in [9.17, 15) is 9.18 Å². The van der Waals surface area contributed by atoms with Gasteiger partial charge in [-0.3, -0.25) is 4.79 Å². The fraction of sp³-hybridized carbons (Fsp3) is 0.0714. The highest BCUT2D eigenvalue weighted by atomic mass is 19.1. The molecule has 0 bridgehead atoms. The Labute approximate surface area is 98.7 Å².